The number of unbranched alkanes of at least 4 members (excludes halogenated alkanes) is 60. The highest BCUT2D eigenvalue weighted by Gasteiger charge is 2.30. The van der Waals surface area contributed by atoms with Gasteiger partial charge in [-0.1, -0.05) is 413 Å². The summed E-state index contributed by atoms with van der Waals surface area (Å²) in [6, 6.07) is 0. The highest BCUT2D eigenvalue weighted by Crippen LogP contribution is 2.45. The molecule has 0 saturated heterocycles. The molecule has 0 spiro atoms. The topological polar surface area (TPSA) is 237 Å². The molecule has 17 nitrogen and oxygen atoms in total. The Bertz CT molecular complexity index is 1960. The van der Waals surface area contributed by atoms with Gasteiger partial charge in [0.1, 0.15) is 19.3 Å². The van der Waals surface area contributed by atoms with Crippen molar-refractivity contribution in [2.45, 2.75) is 483 Å². The fraction of sp³-hybridized carbons (Fsp3) is 0.953. The van der Waals surface area contributed by atoms with Crippen LogP contribution in [0.15, 0.2) is 0 Å². The van der Waals surface area contributed by atoms with Crippen LogP contribution >= 0.6 is 15.6 Å². The first-order valence-electron chi connectivity index (χ1n) is 44.3. The minimum Gasteiger partial charge on any atom is -0.462 e. The van der Waals surface area contributed by atoms with Gasteiger partial charge in [0.05, 0.1) is 26.4 Å². The van der Waals surface area contributed by atoms with Crippen LogP contribution in [-0.2, 0) is 65.4 Å². The predicted molar refractivity (Wildman–Crippen MR) is 428 cm³/mol. The zero-order chi connectivity index (χ0) is 76.0. The van der Waals surface area contributed by atoms with Gasteiger partial charge in [-0.15, -0.1) is 0 Å². The molecule has 0 aromatic heterocycles. The maximum absolute atomic E-state index is 13.1. The maximum Gasteiger partial charge on any atom is 0.472 e. The van der Waals surface area contributed by atoms with E-state index in [4.69, 9.17) is 37.0 Å². The smallest absolute Gasteiger partial charge is 0.462 e. The van der Waals surface area contributed by atoms with Gasteiger partial charge in [0.15, 0.2) is 12.2 Å². The van der Waals surface area contributed by atoms with Crippen molar-refractivity contribution in [3.63, 3.8) is 0 Å². The summed E-state index contributed by atoms with van der Waals surface area (Å²) in [5.74, 6) is -2.11. The molecule has 0 fully saturated rings. The molecule has 2 unspecified atom stereocenters. The van der Waals surface area contributed by atoms with Crippen LogP contribution in [0.5, 0.6) is 0 Å². The number of rotatable bonds is 86. The molecule has 0 amide bonds. The second kappa shape index (κ2) is 79.2. The molecule has 5 atom stereocenters. The van der Waals surface area contributed by atoms with Gasteiger partial charge >= 0.3 is 39.5 Å². The van der Waals surface area contributed by atoms with Gasteiger partial charge < -0.3 is 33.8 Å². The molecule has 0 saturated carbocycles. The maximum atomic E-state index is 13.1. The first-order valence-corrected chi connectivity index (χ1v) is 47.3. The molecule has 0 rings (SSSR count). The van der Waals surface area contributed by atoms with Gasteiger partial charge in [-0.05, 0) is 25.7 Å². The largest absolute Gasteiger partial charge is 0.472 e. The Labute approximate surface area is 638 Å². The van der Waals surface area contributed by atoms with Gasteiger partial charge in [-0.25, -0.2) is 9.13 Å². The summed E-state index contributed by atoms with van der Waals surface area (Å²) in [5.41, 5.74) is 0. The van der Waals surface area contributed by atoms with E-state index in [1.807, 2.05) is 0 Å². The van der Waals surface area contributed by atoms with Crippen molar-refractivity contribution in [2.75, 3.05) is 39.6 Å². The highest BCUT2D eigenvalue weighted by molar-refractivity contribution is 7.47. The van der Waals surface area contributed by atoms with Gasteiger partial charge in [-0.2, -0.15) is 0 Å². The Hall–Kier alpha value is -1.94. The molecule has 0 aliphatic rings. The number of phosphoric acid groups is 2. The van der Waals surface area contributed by atoms with E-state index < -0.39 is 97.5 Å². The summed E-state index contributed by atoms with van der Waals surface area (Å²) >= 11 is 0. The molecule has 618 valence electrons. The fourth-order valence-corrected chi connectivity index (χ4v) is 14.9. The van der Waals surface area contributed by atoms with Crippen LogP contribution in [0.25, 0.3) is 0 Å². The molecule has 0 heterocycles. The third-order valence-corrected chi connectivity index (χ3v) is 22.0. The molecular formula is C85H166O17P2. The Morgan fingerprint density at radius 3 is 0.567 bits per heavy atom. The Balaban J connectivity index is 5.09. The van der Waals surface area contributed by atoms with Crippen molar-refractivity contribution in [3.8, 4) is 0 Å². The van der Waals surface area contributed by atoms with Crippen molar-refractivity contribution in [3.05, 3.63) is 0 Å². The third-order valence-electron chi connectivity index (χ3n) is 20.1. The number of aliphatic hydroxyl groups is 1. The summed E-state index contributed by atoms with van der Waals surface area (Å²) in [6.07, 6.45) is 74.2. The lowest BCUT2D eigenvalue weighted by Gasteiger charge is -2.21. The SMILES string of the molecule is CCCCCCCCCCCCCCCCCCCCCCCC(=O)O[C@H](COC(=O)CCCCCCCCCCCCCCCCCCCCCC)COP(=O)(O)OC[C@@H](O)COP(=O)(O)OC[C@@H](COC(=O)CCCCCCC)OC(=O)CCCCCCCCCCCCCCCCCCCC. The van der Waals surface area contributed by atoms with Crippen molar-refractivity contribution >= 4 is 39.5 Å². The normalized spacial score (nSPS) is 13.7. The summed E-state index contributed by atoms with van der Waals surface area (Å²) < 4.78 is 68.6. The monoisotopic (exact) mass is 1520 g/mol. The third kappa shape index (κ3) is 78.2. The van der Waals surface area contributed by atoms with Crippen LogP contribution in [0.1, 0.15) is 464 Å². The average Bonchev–Trinajstić information content (AvgIpc) is 0.911. The number of carbonyl (C=O) groups is 4. The van der Waals surface area contributed by atoms with Crippen LogP contribution in [-0.4, -0.2) is 96.7 Å². The number of hydrogen-bond acceptors (Lipinski definition) is 15. The van der Waals surface area contributed by atoms with E-state index in [0.29, 0.717) is 25.7 Å². The van der Waals surface area contributed by atoms with Crippen LogP contribution in [0.3, 0.4) is 0 Å². The van der Waals surface area contributed by atoms with Crippen molar-refractivity contribution in [1.82, 2.24) is 0 Å². The quantitative estimate of drug-likeness (QED) is 0.0222. The molecule has 0 bridgehead atoms. The lowest BCUT2D eigenvalue weighted by atomic mass is 10.0. The van der Waals surface area contributed by atoms with E-state index in [0.717, 1.165) is 96.3 Å². The van der Waals surface area contributed by atoms with E-state index in [1.54, 1.807) is 0 Å². The minimum absolute atomic E-state index is 0.108. The molecule has 0 aromatic rings. The standard InChI is InChI=1S/C85H166O17P2/c1-5-9-13-17-20-23-26-29-32-35-38-40-42-45-48-51-54-57-60-64-68-72-85(90)102-81(76-96-83(88)70-66-62-58-55-52-49-46-44-41-39-36-33-30-27-24-21-18-14-10-6-2)78-100-104(93,94)98-74-79(86)73-97-103(91,92)99-77-80(75-95-82(87)69-65-61-16-12-8-4)101-84(89)71-67-63-59-56-53-50-47-43-37-34-31-28-25-22-19-15-11-7-3/h79-81,86H,5-78H2,1-4H3,(H,91,92)(H,93,94)/t79-,80+,81+/m0/s1. The molecular weight excluding hydrogens is 1350 g/mol. The van der Waals surface area contributed by atoms with Gasteiger partial charge in [0.2, 0.25) is 0 Å². The summed E-state index contributed by atoms with van der Waals surface area (Å²) in [5, 5.41) is 10.6. The summed E-state index contributed by atoms with van der Waals surface area (Å²) in [7, 11) is -9.91. The molecule has 0 radical (unpaired) electrons. The fourth-order valence-electron chi connectivity index (χ4n) is 13.3. The predicted octanol–water partition coefficient (Wildman–Crippen LogP) is 26.1. The zero-order valence-corrected chi connectivity index (χ0v) is 69.8. The number of carbonyl (C=O) groups excluding carboxylic acids is 4. The van der Waals surface area contributed by atoms with Crippen molar-refractivity contribution < 1.29 is 80.2 Å². The van der Waals surface area contributed by atoms with E-state index >= 15 is 0 Å². The van der Waals surface area contributed by atoms with E-state index in [2.05, 4.69) is 27.7 Å². The van der Waals surface area contributed by atoms with E-state index in [-0.39, 0.29) is 25.7 Å². The number of esters is 4. The van der Waals surface area contributed by atoms with Crippen LogP contribution < -0.4 is 0 Å². The van der Waals surface area contributed by atoms with Gasteiger partial charge in [0, 0.05) is 25.7 Å². The summed E-state index contributed by atoms with van der Waals surface area (Å²) in [6.45, 7) is 4.96. The Kier molecular flexibility index (Phi) is 77.7. The van der Waals surface area contributed by atoms with Gasteiger partial charge in [-0.3, -0.25) is 37.3 Å². The molecule has 0 aliphatic carbocycles. The lowest BCUT2D eigenvalue weighted by Crippen LogP contribution is -2.30. The molecule has 3 N–H and O–H groups in total. The first-order chi connectivity index (χ1) is 50.7. The van der Waals surface area contributed by atoms with E-state index in [1.165, 1.54) is 289 Å². The average molecular weight is 1520 g/mol. The number of hydrogen-bond donors (Lipinski definition) is 3. The van der Waals surface area contributed by atoms with Crippen LogP contribution in [0.2, 0.25) is 0 Å². The molecule has 0 aliphatic heterocycles. The molecule has 19 heteroatoms. The van der Waals surface area contributed by atoms with Crippen LogP contribution in [0, 0.1) is 0 Å². The van der Waals surface area contributed by atoms with E-state index in [9.17, 15) is 43.2 Å². The Morgan fingerprint density at radius 1 is 0.231 bits per heavy atom. The minimum atomic E-state index is -4.96. The second-order valence-corrected chi connectivity index (χ2v) is 33.5. The lowest BCUT2D eigenvalue weighted by molar-refractivity contribution is -0.161. The van der Waals surface area contributed by atoms with Crippen molar-refractivity contribution in [2.24, 2.45) is 0 Å². The Morgan fingerprint density at radius 2 is 0.385 bits per heavy atom. The molecule has 0 aromatic carbocycles. The second-order valence-electron chi connectivity index (χ2n) is 30.6. The first kappa shape index (κ1) is 102. The zero-order valence-electron chi connectivity index (χ0n) is 68.0. The number of ether oxygens (including phenoxy) is 4. The highest BCUT2D eigenvalue weighted by atomic mass is 31.2. The molecule has 104 heavy (non-hydrogen) atoms. The van der Waals surface area contributed by atoms with Crippen LogP contribution in [0.4, 0.5) is 0 Å². The van der Waals surface area contributed by atoms with Crippen molar-refractivity contribution in [1.29, 1.82) is 0 Å². The number of aliphatic hydroxyl groups excluding tert-OH is 1. The number of phosphoric ester groups is 2. The summed E-state index contributed by atoms with van der Waals surface area (Å²) in [4.78, 5) is 72.9. The van der Waals surface area contributed by atoms with Gasteiger partial charge in [0.25, 0.3) is 0 Å².